The van der Waals surface area contributed by atoms with E-state index in [1.165, 1.54) is 12.1 Å². The summed E-state index contributed by atoms with van der Waals surface area (Å²) in [6, 6.07) is 21.6. The summed E-state index contributed by atoms with van der Waals surface area (Å²) in [5, 5.41) is 1.62. The molecule has 0 fully saturated rings. The maximum absolute atomic E-state index is 12.2. The lowest BCUT2D eigenvalue weighted by Gasteiger charge is -2.09. The van der Waals surface area contributed by atoms with Crippen molar-refractivity contribution >= 4 is 20.9 Å². The predicted octanol–water partition coefficient (Wildman–Crippen LogP) is 3.41. The molecule has 0 aliphatic carbocycles. The van der Waals surface area contributed by atoms with Crippen LogP contribution < -0.4 is 4.18 Å². The zero-order valence-corrected chi connectivity index (χ0v) is 11.3. The SMILES string of the molecule is O=S(=O)(Oc1cccc2c[c]ccc12)c1ccccc1. The molecule has 0 saturated carbocycles. The quantitative estimate of drug-likeness (QED) is 0.692. The third-order valence-electron chi connectivity index (χ3n) is 2.92. The Labute approximate surface area is 117 Å². The Bertz CT molecular complexity index is 834. The number of rotatable bonds is 3. The molecule has 0 bridgehead atoms. The van der Waals surface area contributed by atoms with E-state index in [2.05, 4.69) is 6.07 Å². The molecule has 0 N–H and O–H groups in total. The second kappa shape index (κ2) is 4.98. The average Bonchev–Trinajstić information content (AvgIpc) is 2.48. The Morgan fingerprint density at radius 3 is 2.50 bits per heavy atom. The summed E-state index contributed by atoms with van der Waals surface area (Å²) in [5.41, 5.74) is 0. The summed E-state index contributed by atoms with van der Waals surface area (Å²) >= 11 is 0. The summed E-state index contributed by atoms with van der Waals surface area (Å²) in [5.74, 6) is 0.320. The Morgan fingerprint density at radius 2 is 1.70 bits per heavy atom. The van der Waals surface area contributed by atoms with Crippen molar-refractivity contribution in [2.75, 3.05) is 0 Å². The molecule has 0 unspecified atom stereocenters. The van der Waals surface area contributed by atoms with E-state index in [-0.39, 0.29) is 4.90 Å². The number of benzene rings is 3. The first-order valence-electron chi connectivity index (χ1n) is 6.05. The van der Waals surface area contributed by atoms with Gasteiger partial charge < -0.3 is 4.18 Å². The fourth-order valence-corrected chi connectivity index (χ4v) is 2.93. The highest BCUT2D eigenvalue weighted by atomic mass is 32.2. The largest absolute Gasteiger partial charge is 0.378 e. The number of hydrogen-bond donors (Lipinski definition) is 0. The molecular formula is C16H11O3S. The van der Waals surface area contributed by atoms with Crippen LogP contribution in [0.2, 0.25) is 0 Å². The maximum Gasteiger partial charge on any atom is 0.339 e. The van der Waals surface area contributed by atoms with Gasteiger partial charge in [0.05, 0.1) is 0 Å². The van der Waals surface area contributed by atoms with Gasteiger partial charge in [-0.05, 0) is 41.8 Å². The van der Waals surface area contributed by atoms with Gasteiger partial charge in [0, 0.05) is 5.39 Å². The topological polar surface area (TPSA) is 43.4 Å². The van der Waals surface area contributed by atoms with Gasteiger partial charge in [0.2, 0.25) is 0 Å². The molecule has 99 valence electrons. The van der Waals surface area contributed by atoms with Crippen LogP contribution in [0.3, 0.4) is 0 Å². The molecule has 0 aromatic heterocycles. The fraction of sp³-hybridized carbons (Fsp3) is 0. The zero-order chi connectivity index (χ0) is 14.0. The molecule has 20 heavy (non-hydrogen) atoms. The van der Waals surface area contributed by atoms with E-state index in [0.29, 0.717) is 5.75 Å². The highest BCUT2D eigenvalue weighted by Gasteiger charge is 2.17. The summed E-state index contributed by atoms with van der Waals surface area (Å²) in [4.78, 5) is 0.138. The molecule has 3 rings (SSSR count). The number of fused-ring (bicyclic) bond motifs is 1. The van der Waals surface area contributed by atoms with Crippen LogP contribution in [0.15, 0.2) is 71.6 Å². The Morgan fingerprint density at radius 1 is 0.900 bits per heavy atom. The monoisotopic (exact) mass is 283 g/mol. The second-order valence-corrected chi connectivity index (χ2v) is 5.80. The minimum atomic E-state index is -3.81. The average molecular weight is 283 g/mol. The molecule has 4 heteroatoms. The molecular weight excluding hydrogens is 272 g/mol. The van der Waals surface area contributed by atoms with Gasteiger partial charge in [-0.15, -0.1) is 0 Å². The molecule has 0 atom stereocenters. The fourth-order valence-electron chi connectivity index (χ4n) is 1.96. The highest BCUT2D eigenvalue weighted by Crippen LogP contribution is 2.27. The van der Waals surface area contributed by atoms with Crippen LogP contribution in [0, 0.1) is 6.07 Å². The third kappa shape index (κ3) is 2.38. The van der Waals surface area contributed by atoms with Gasteiger partial charge >= 0.3 is 10.1 Å². The first-order chi connectivity index (χ1) is 9.67. The molecule has 0 heterocycles. The van der Waals surface area contributed by atoms with Crippen molar-refractivity contribution in [2.24, 2.45) is 0 Å². The molecule has 3 aromatic carbocycles. The van der Waals surface area contributed by atoms with E-state index in [4.69, 9.17) is 4.18 Å². The number of hydrogen-bond acceptors (Lipinski definition) is 3. The molecule has 0 saturated heterocycles. The molecule has 1 radical (unpaired) electrons. The van der Waals surface area contributed by atoms with Crippen LogP contribution in [0.5, 0.6) is 5.75 Å². The minimum Gasteiger partial charge on any atom is -0.378 e. The maximum atomic E-state index is 12.2. The molecule has 0 spiro atoms. The summed E-state index contributed by atoms with van der Waals surface area (Å²) < 4.78 is 29.7. The van der Waals surface area contributed by atoms with Crippen molar-refractivity contribution in [1.82, 2.24) is 0 Å². The Hall–Kier alpha value is -2.33. The zero-order valence-electron chi connectivity index (χ0n) is 10.5. The third-order valence-corrected chi connectivity index (χ3v) is 4.16. The van der Waals surface area contributed by atoms with Crippen LogP contribution in [0.4, 0.5) is 0 Å². The highest BCUT2D eigenvalue weighted by molar-refractivity contribution is 7.87. The van der Waals surface area contributed by atoms with E-state index in [1.54, 1.807) is 48.5 Å². The van der Waals surface area contributed by atoms with Gasteiger partial charge in [0.25, 0.3) is 0 Å². The van der Waals surface area contributed by atoms with Gasteiger partial charge in [0.15, 0.2) is 5.75 Å². The van der Waals surface area contributed by atoms with Crippen LogP contribution in [0.1, 0.15) is 0 Å². The van der Waals surface area contributed by atoms with E-state index >= 15 is 0 Å². The molecule has 0 aliphatic heterocycles. The predicted molar refractivity (Wildman–Crippen MR) is 77.0 cm³/mol. The molecule has 0 amide bonds. The first-order valence-corrected chi connectivity index (χ1v) is 7.46. The van der Waals surface area contributed by atoms with Crippen LogP contribution in [0.25, 0.3) is 10.8 Å². The van der Waals surface area contributed by atoms with E-state index in [9.17, 15) is 8.42 Å². The molecule has 3 aromatic rings. The van der Waals surface area contributed by atoms with Crippen molar-refractivity contribution in [1.29, 1.82) is 0 Å². The second-order valence-electron chi connectivity index (χ2n) is 4.25. The summed E-state index contributed by atoms with van der Waals surface area (Å²) in [7, 11) is -3.81. The van der Waals surface area contributed by atoms with Crippen LogP contribution in [-0.2, 0) is 10.1 Å². The van der Waals surface area contributed by atoms with Crippen LogP contribution >= 0.6 is 0 Å². The van der Waals surface area contributed by atoms with Crippen molar-refractivity contribution in [3.8, 4) is 5.75 Å². The molecule has 3 nitrogen and oxygen atoms in total. The van der Waals surface area contributed by atoms with Crippen molar-refractivity contribution in [3.63, 3.8) is 0 Å². The van der Waals surface area contributed by atoms with E-state index in [1.807, 2.05) is 6.07 Å². The summed E-state index contributed by atoms with van der Waals surface area (Å²) in [6.45, 7) is 0. The lowest BCUT2D eigenvalue weighted by atomic mass is 10.1. The standard InChI is InChI=1S/C16H11O3S/c17-20(18,14-9-2-1-3-10-14)19-16-12-6-8-13-7-4-5-11-15(13)16/h1-3,5-12H. The minimum absolute atomic E-state index is 0.138. The van der Waals surface area contributed by atoms with E-state index in [0.717, 1.165) is 10.8 Å². The van der Waals surface area contributed by atoms with Gasteiger partial charge in [-0.3, -0.25) is 0 Å². The lowest BCUT2D eigenvalue weighted by molar-refractivity contribution is 0.489. The normalized spacial score (nSPS) is 11.4. The Balaban J connectivity index is 2.06. The van der Waals surface area contributed by atoms with Gasteiger partial charge in [-0.1, -0.05) is 36.4 Å². The smallest absolute Gasteiger partial charge is 0.339 e. The molecule has 0 aliphatic rings. The summed E-state index contributed by atoms with van der Waals surface area (Å²) in [6.07, 6.45) is 0. The van der Waals surface area contributed by atoms with Crippen molar-refractivity contribution in [3.05, 3.63) is 72.8 Å². The van der Waals surface area contributed by atoms with Crippen LogP contribution in [-0.4, -0.2) is 8.42 Å². The van der Waals surface area contributed by atoms with Gasteiger partial charge in [0.1, 0.15) is 4.90 Å². The van der Waals surface area contributed by atoms with E-state index < -0.39 is 10.1 Å². The lowest BCUT2D eigenvalue weighted by Crippen LogP contribution is -2.09. The first kappa shape index (κ1) is 12.7. The van der Waals surface area contributed by atoms with Crippen molar-refractivity contribution in [2.45, 2.75) is 4.90 Å². The Kier molecular flexibility index (Phi) is 3.16. The van der Waals surface area contributed by atoms with Gasteiger partial charge in [-0.25, -0.2) is 0 Å². The van der Waals surface area contributed by atoms with Gasteiger partial charge in [-0.2, -0.15) is 8.42 Å². The van der Waals surface area contributed by atoms with Crippen molar-refractivity contribution < 1.29 is 12.6 Å².